The number of hydrogen-bond donors (Lipinski definition) is 0. The molecular formula is C22H19FO5. The Morgan fingerprint density at radius 1 is 1.14 bits per heavy atom. The molecule has 1 aromatic heterocycles. The lowest BCUT2D eigenvalue weighted by Gasteiger charge is -2.12. The maximum atomic E-state index is 13.8. The van der Waals surface area contributed by atoms with Gasteiger partial charge in [0.15, 0.2) is 24.0 Å². The van der Waals surface area contributed by atoms with Gasteiger partial charge in [-0.25, -0.2) is 9.18 Å². The minimum Gasteiger partial charge on any atom is -0.494 e. The smallest absolute Gasteiger partial charge is 0.339 e. The Labute approximate surface area is 160 Å². The zero-order valence-corrected chi connectivity index (χ0v) is 15.6. The Bertz CT molecular complexity index is 1150. The molecule has 0 amide bonds. The minimum atomic E-state index is -0.606. The number of carbonyl (C=O) groups excluding carboxylic acids is 1. The van der Waals surface area contributed by atoms with Crippen LogP contribution in [-0.2, 0) is 12.8 Å². The van der Waals surface area contributed by atoms with Crippen LogP contribution in [0.1, 0.15) is 33.5 Å². The molecule has 0 saturated carbocycles. The molecule has 0 unspecified atom stereocenters. The molecule has 0 bridgehead atoms. The highest BCUT2D eigenvalue weighted by Gasteiger charge is 2.21. The van der Waals surface area contributed by atoms with E-state index in [1.54, 1.807) is 13.0 Å². The summed E-state index contributed by atoms with van der Waals surface area (Å²) in [6.45, 7) is 1.53. The number of halogens is 1. The predicted molar refractivity (Wildman–Crippen MR) is 102 cm³/mol. The average molecular weight is 382 g/mol. The highest BCUT2D eigenvalue weighted by molar-refractivity contribution is 5.97. The van der Waals surface area contributed by atoms with Crippen LogP contribution in [0.25, 0.3) is 11.0 Å². The summed E-state index contributed by atoms with van der Waals surface area (Å²) in [6.07, 6.45) is 2.56. The van der Waals surface area contributed by atoms with Gasteiger partial charge in [-0.1, -0.05) is 0 Å². The number of carbonyl (C=O) groups is 1. The minimum absolute atomic E-state index is 0.0744. The third-order valence-electron chi connectivity index (χ3n) is 5.17. The van der Waals surface area contributed by atoms with E-state index < -0.39 is 5.82 Å². The second-order valence-electron chi connectivity index (χ2n) is 6.83. The summed E-state index contributed by atoms with van der Waals surface area (Å²) in [6, 6.07) is 7.66. The fourth-order valence-corrected chi connectivity index (χ4v) is 3.69. The summed E-state index contributed by atoms with van der Waals surface area (Å²) in [7, 11) is 1.36. The van der Waals surface area contributed by atoms with Crippen molar-refractivity contribution in [3.8, 4) is 11.5 Å². The van der Waals surface area contributed by atoms with Crippen molar-refractivity contribution < 1.29 is 23.1 Å². The fourth-order valence-electron chi connectivity index (χ4n) is 3.69. The van der Waals surface area contributed by atoms with E-state index >= 15 is 0 Å². The highest BCUT2D eigenvalue weighted by atomic mass is 19.1. The van der Waals surface area contributed by atoms with Gasteiger partial charge in [-0.15, -0.1) is 0 Å². The quantitative estimate of drug-likeness (QED) is 0.493. The highest BCUT2D eigenvalue weighted by Crippen LogP contribution is 2.33. The summed E-state index contributed by atoms with van der Waals surface area (Å²) >= 11 is 0. The van der Waals surface area contributed by atoms with Crippen molar-refractivity contribution in [2.24, 2.45) is 0 Å². The van der Waals surface area contributed by atoms with Gasteiger partial charge in [-0.05, 0) is 62.1 Å². The molecule has 1 heterocycles. The van der Waals surface area contributed by atoms with E-state index in [-0.39, 0.29) is 29.3 Å². The van der Waals surface area contributed by atoms with E-state index in [0.717, 1.165) is 41.8 Å². The van der Waals surface area contributed by atoms with Gasteiger partial charge in [-0.2, -0.15) is 0 Å². The molecule has 1 aliphatic carbocycles. The van der Waals surface area contributed by atoms with Crippen molar-refractivity contribution in [2.75, 3.05) is 13.7 Å². The molecule has 4 rings (SSSR count). The lowest BCUT2D eigenvalue weighted by atomic mass is 10.0. The molecule has 0 radical (unpaired) electrons. The number of rotatable bonds is 5. The van der Waals surface area contributed by atoms with Crippen molar-refractivity contribution >= 4 is 16.8 Å². The molecule has 6 heteroatoms. The van der Waals surface area contributed by atoms with Gasteiger partial charge in [0.25, 0.3) is 0 Å². The Balaban J connectivity index is 1.59. The van der Waals surface area contributed by atoms with Crippen molar-refractivity contribution in [3.05, 3.63) is 68.8 Å². The van der Waals surface area contributed by atoms with E-state index in [9.17, 15) is 14.0 Å². The molecule has 0 spiro atoms. The van der Waals surface area contributed by atoms with Crippen molar-refractivity contribution in [1.82, 2.24) is 0 Å². The van der Waals surface area contributed by atoms with Gasteiger partial charge < -0.3 is 13.9 Å². The van der Waals surface area contributed by atoms with Crippen LogP contribution in [0.15, 0.2) is 39.5 Å². The van der Waals surface area contributed by atoms with Gasteiger partial charge in [0.1, 0.15) is 11.3 Å². The van der Waals surface area contributed by atoms with Crippen molar-refractivity contribution in [1.29, 1.82) is 0 Å². The zero-order valence-electron chi connectivity index (χ0n) is 15.6. The molecule has 2 aromatic carbocycles. The lowest BCUT2D eigenvalue weighted by Crippen LogP contribution is -2.13. The number of Topliss-reactive ketones (excluding diaryl/α,β-unsaturated/α-hetero) is 1. The van der Waals surface area contributed by atoms with Crippen LogP contribution in [-0.4, -0.2) is 19.5 Å². The van der Waals surface area contributed by atoms with Crippen LogP contribution in [0, 0.1) is 12.7 Å². The molecule has 144 valence electrons. The second kappa shape index (κ2) is 7.11. The Kier molecular flexibility index (Phi) is 4.63. The first-order chi connectivity index (χ1) is 13.5. The molecule has 0 saturated heterocycles. The predicted octanol–water partition coefficient (Wildman–Crippen LogP) is 4.00. The van der Waals surface area contributed by atoms with Gasteiger partial charge in [0, 0.05) is 22.1 Å². The number of aryl methyl sites for hydroxylation is 2. The molecule has 0 fully saturated rings. The average Bonchev–Trinajstić information content (AvgIpc) is 3.18. The van der Waals surface area contributed by atoms with Crippen LogP contribution >= 0.6 is 0 Å². The molecular weight excluding hydrogens is 363 g/mol. The first kappa shape index (κ1) is 18.2. The van der Waals surface area contributed by atoms with Gasteiger partial charge >= 0.3 is 5.63 Å². The van der Waals surface area contributed by atoms with E-state index in [0.29, 0.717) is 16.9 Å². The van der Waals surface area contributed by atoms with E-state index in [4.69, 9.17) is 13.9 Å². The number of methoxy groups -OCH3 is 1. The number of ether oxygens (including phenoxy) is 2. The van der Waals surface area contributed by atoms with Crippen LogP contribution in [0.2, 0.25) is 0 Å². The molecule has 1 aliphatic rings. The van der Waals surface area contributed by atoms with Gasteiger partial charge in [0.2, 0.25) is 0 Å². The standard InChI is InChI=1S/C22H19FO5/c1-12-19(27-11-18(24)13-6-8-20(26-2)17(23)10-13)9-7-15-14-4-3-5-16(14)22(25)28-21(12)15/h6-10H,3-5,11H2,1-2H3. The van der Waals surface area contributed by atoms with Crippen LogP contribution in [0.4, 0.5) is 4.39 Å². The monoisotopic (exact) mass is 382 g/mol. The number of hydrogen-bond acceptors (Lipinski definition) is 5. The van der Waals surface area contributed by atoms with Crippen LogP contribution in [0.5, 0.6) is 11.5 Å². The van der Waals surface area contributed by atoms with E-state index in [2.05, 4.69) is 0 Å². The first-order valence-electron chi connectivity index (χ1n) is 9.07. The third kappa shape index (κ3) is 3.05. The van der Waals surface area contributed by atoms with Crippen molar-refractivity contribution in [3.63, 3.8) is 0 Å². The fraction of sp³-hybridized carbons (Fsp3) is 0.273. The van der Waals surface area contributed by atoms with Gasteiger partial charge in [-0.3, -0.25) is 4.79 Å². The number of ketones is 1. The molecule has 28 heavy (non-hydrogen) atoms. The van der Waals surface area contributed by atoms with E-state index in [1.165, 1.54) is 19.2 Å². The molecule has 0 aliphatic heterocycles. The third-order valence-corrected chi connectivity index (χ3v) is 5.17. The van der Waals surface area contributed by atoms with Crippen LogP contribution < -0.4 is 15.1 Å². The molecule has 0 atom stereocenters. The van der Waals surface area contributed by atoms with Crippen molar-refractivity contribution in [2.45, 2.75) is 26.2 Å². The molecule has 3 aromatic rings. The zero-order chi connectivity index (χ0) is 19.8. The summed E-state index contributed by atoms with van der Waals surface area (Å²) in [4.78, 5) is 24.6. The maximum Gasteiger partial charge on any atom is 0.339 e. The molecule has 0 N–H and O–H groups in total. The normalized spacial score (nSPS) is 12.8. The lowest BCUT2D eigenvalue weighted by molar-refractivity contribution is 0.0920. The second-order valence-corrected chi connectivity index (χ2v) is 6.83. The SMILES string of the molecule is COc1ccc(C(=O)COc2ccc3c4c(c(=O)oc3c2C)CCC4)cc1F. The number of benzene rings is 2. The largest absolute Gasteiger partial charge is 0.494 e. The summed E-state index contributed by atoms with van der Waals surface area (Å²) < 4.78 is 29.8. The topological polar surface area (TPSA) is 65.7 Å². The Morgan fingerprint density at radius 2 is 1.89 bits per heavy atom. The van der Waals surface area contributed by atoms with Crippen LogP contribution in [0.3, 0.4) is 0 Å². The summed E-state index contributed by atoms with van der Waals surface area (Å²) in [5.41, 5.74) is 2.86. The number of fused-ring (bicyclic) bond motifs is 3. The Morgan fingerprint density at radius 3 is 2.64 bits per heavy atom. The van der Waals surface area contributed by atoms with Gasteiger partial charge in [0.05, 0.1) is 7.11 Å². The maximum absolute atomic E-state index is 13.8. The summed E-state index contributed by atoms with van der Waals surface area (Å²) in [5, 5.41) is 0.917. The Hall–Kier alpha value is -3.15. The molecule has 5 nitrogen and oxygen atoms in total. The summed E-state index contributed by atoms with van der Waals surface area (Å²) in [5.74, 6) is -0.441. The van der Waals surface area contributed by atoms with E-state index in [1.807, 2.05) is 6.07 Å². The first-order valence-corrected chi connectivity index (χ1v) is 9.07.